The van der Waals surface area contributed by atoms with E-state index in [9.17, 15) is 4.79 Å². The van der Waals surface area contributed by atoms with E-state index < -0.39 is 0 Å². The predicted molar refractivity (Wildman–Crippen MR) is 74.6 cm³/mol. The van der Waals surface area contributed by atoms with Gasteiger partial charge in [-0.05, 0) is 49.7 Å². The largest absolute Gasteiger partial charge is 0.461 e. The maximum atomic E-state index is 12.1. The molecule has 3 unspecified atom stereocenters. The van der Waals surface area contributed by atoms with Gasteiger partial charge >= 0.3 is 5.97 Å². The summed E-state index contributed by atoms with van der Waals surface area (Å²) in [6.45, 7) is 4.55. The summed E-state index contributed by atoms with van der Waals surface area (Å²) >= 11 is 0. The maximum absolute atomic E-state index is 12.1. The second-order valence-electron chi connectivity index (χ2n) is 5.92. The van der Waals surface area contributed by atoms with Crippen molar-refractivity contribution in [1.29, 1.82) is 0 Å². The fourth-order valence-electron chi connectivity index (χ4n) is 3.32. The van der Waals surface area contributed by atoms with Crippen LogP contribution < -0.4 is 0 Å². The quantitative estimate of drug-likeness (QED) is 0.610. The van der Waals surface area contributed by atoms with Crippen molar-refractivity contribution in [2.45, 2.75) is 33.3 Å². The highest BCUT2D eigenvalue weighted by Gasteiger charge is 2.40. The van der Waals surface area contributed by atoms with Crippen LogP contribution in [0.1, 0.15) is 29.5 Å². The summed E-state index contributed by atoms with van der Waals surface area (Å²) in [4.78, 5) is 12.1. The SMILES string of the molecule is Cc1ccc(COC(=O)C2CC3C=CC2C3)c(C)c1. The van der Waals surface area contributed by atoms with Gasteiger partial charge in [0.15, 0.2) is 0 Å². The number of aryl methyl sites for hydroxylation is 2. The lowest BCUT2D eigenvalue weighted by atomic mass is 9.94. The average molecular weight is 256 g/mol. The summed E-state index contributed by atoms with van der Waals surface area (Å²) in [5.41, 5.74) is 3.55. The molecule has 3 atom stereocenters. The molecule has 100 valence electrons. The first-order valence-electron chi connectivity index (χ1n) is 7.04. The zero-order valence-corrected chi connectivity index (χ0v) is 11.6. The number of hydrogen-bond donors (Lipinski definition) is 0. The Balaban J connectivity index is 1.60. The van der Waals surface area contributed by atoms with Crippen LogP contribution in [-0.2, 0) is 16.1 Å². The number of fused-ring (bicyclic) bond motifs is 2. The summed E-state index contributed by atoms with van der Waals surface area (Å²) in [7, 11) is 0. The van der Waals surface area contributed by atoms with Crippen LogP contribution in [0.25, 0.3) is 0 Å². The molecule has 0 heterocycles. The van der Waals surface area contributed by atoms with Gasteiger partial charge in [0.1, 0.15) is 6.61 Å². The predicted octanol–water partition coefficient (Wildman–Crippen LogP) is 3.56. The van der Waals surface area contributed by atoms with E-state index in [1.807, 2.05) is 0 Å². The third-order valence-electron chi connectivity index (χ3n) is 4.45. The second kappa shape index (κ2) is 4.84. The summed E-state index contributed by atoms with van der Waals surface area (Å²) in [6.07, 6.45) is 6.56. The number of allylic oxidation sites excluding steroid dienone is 2. The van der Waals surface area contributed by atoms with Gasteiger partial charge in [-0.1, -0.05) is 35.9 Å². The molecule has 19 heavy (non-hydrogen) atoms. The number of carbonyl (C=O) groups is 1. The Bertz CT molecular complexity index is 530. The lowest BCUT2D eigenvalue weighted by molar-refractivity contribution is -0.150. The first-order valence-corrected chi connectivity index (χ1v) is 7.04. The Labute approximate surface area is 114 Å². The first-order chi connectivity index (χ1) is 9.13. The first kappa shape index (κ1) is 12.5. The summed E-state index contributed by atoms with van der Waals surface area (Å²) < 4.78 is 5.51. The summed E-state index contributed by atoms with van der Waals surface area (Å²) in [5.74, 6) is 1.12. The molecule has 2 aliphatic rings. The van der Waals surface area contributed by atoms with Gasteiger partial charge < -0.3 is 4.74 Å². The molecule has 2 bridgehead atoms. The van der Waals surface area contributed by atoms with Gasteiger partial charge in [-0.25, -0.2) is 0 Å². The normalized spacial score (nSPS) is 27.8. The number of carbonyl (C=O) groups excluding carboxylic acids is 1. The van der Waals surface area contributed by atoms with Gasteiger partial charge in [-0.2, -0.15) is 0 Å². The van der Waals surface area contributed by atoms with Crippen molar-refractivity contribution in [2.75, 3.05) is 0 Å². The fraction of sp³-hybridized carbons (Fsp3) is 0.471. The number of ether oxygens (including phenoxy) is 1. The molecule has 0 aliphatic heterocycles. The topological polar surface area (TPSA) is 26.3 Å². The Morgan fingerprint density at radius 1 is 1.26 bits per heavy atom. The molecule has 2 aliphatic carbocycles. The molecule has 2 nitrogen and oxygen atoms in total. The van der Waals surface area contributed by atoms with Crippen LogP contribution in [0.15, 0.2) is 30.4 Å². The molecular weight excluding hydrogens is 236 g/mol. The van der Waals surface area contributed by atoms with Crippen molar-refractivity contribution >= 4 is 5.97 Å². The molecule has 0 N–H and O–H groups in total. The molecule has 3 rings (SSSR count). The maximum Gasteiger partial charge on any atom is 0.309 e. The van der Waals surface area contributed by atoms with E-state index in [-0.39, 0.29) is 11.9 Å². The van der Waals surface area contributed by atoms with E-state index in [0.29, 0.717) is 18.4 Å². The van der Waals surface area contributed by atoms with Crippen LogP contribution in [0.2, 0.25) is 0 Å². The lowest BCUT2D eigenvalue weighted by Gasteiger charge is -2.17. The van der Waals surface area contributed by atoms with Crippen LogP contribution in [0.4, 0.5) is 0 Å². The van der Waals surface area contributed by atoms with Crippen molar-refractivity contribution in [1.82, 2.24) is 0 Å². The van der Waals surface area contributed by atoms with E-state index >= 15 is 0 Å². The monoisotopic (exact) mass is 256 g/mol. The van der Waals surface area contributed by atoms with Gasteiger partial charge in [0.25, 0.3) is 0 Å². The molecule has 1 saturated carbocycles. The Morgan fingerprint density at radius 2 is 2.11 bits per heavy atom. The van der Waals surface area contributed by atoms with E-state index in [0.717, 1.165) is 18.4 Å². The number of rotatable bonds is 3. The Kier molecular flexibility index (Phi) is 3.17. The van der Waals surface area contributed by atoms with Gasteiger partial charge in [0.2, 0.25) is 0 Å². The molecule has 0 spiro atoms. The zero-order chi connectivity index (χ0) is 13.4. The number of hydrogen-bond acceptors (Lipinski definition) is 2. The van der Waals surface area contributed by atoms with Crippen molar-refractivity contribution in [2.24, 2.45) is 17.8 Å². The molecule has 0 amide bonds. The van der Waals surface area contributed by atoms with E-state index in [4.69, 9.17) is 4.74 Å². The smallest absolute Gasteiger partial charge is 0.309 e. The van der Waals surface area contributed by atoms with Crippen molar-refractivity contribution in [3.8, 4) is 0 Å². The van der Waals surface area contributed by atoms with Gasteiger partial charge in [0.05, 0.1) is 5.92 Å². The van der Waals surface area contributed by atoms with E-state index in [1.165, 1.54) is 11.1 Å². The molecule has 1 fully saturated rings. The highest BCUT2D eigenvalue weighted by atomic mass is 16.5. The minimum Gasteiger partial charge on any atom is -0.461 e. The van der Waals surface area contributed by atoms with E-state index in [2.05, 4.69) is 44.2 Å². The molecular formula is C17H20O2. The Morgan fingerprint density at radius 3 is 2.74 bits per heavy atom. The minimum atomic E-state index is -0.0168. The van der Waals surface area contributed by atoms with Gasteiger partial charge in [-0.15, -0.1) is 0 Å². The average Bonchev–Trinajstić information content (AvgIpc) is 2.99. The van der Waals surface area contributed by atoms with Crippen LogP contribution in [0.3, 0.4) is 0 Å². The molecule has 0 aromatic heterocycles. The molecule has 0 saturated heterocycles. The van der Waals surface area contributed by atoms with Crippen LogP contribution in [0, 0.1) is 31.6 Å². The van der Waals surface area contributed by atoms with Gasteiger partial charge in [-0.3, -0.25) is 4.79 Å². The summed E-state index contributed by atoms with van der Waals surface area (Å²) in [6, 6.07) is 6.25. The molecule has 2 heteroatoms. The van der Waals surface area contributed by atoms with Crippen molar-refractivity contribution in [3.05, 3.63) is 47.0 Å². The highest BCUT2D eigenvalue weighted by Crippen LogP contribution is 2.43. The minimum absolute atomic E-state index is 0.0168. The van der Waals surface area contributed by atoms with Crippen LogP contribution >= 0.6 is 0 Å². The summed E-state index contributed by atoms with van der Waals surface area (Å²) in [5, 5.41) is 0. The third kappa shape index (κ3) is 2.44. The molecule has 1 aromatic carbocycles. The third-order valence-corrected chi connectivity index (χ3v) is 4.45. The van der Waals surface area contributed by atoms with Crippen LogP contribution in [-0.4, -0.2) is 5.97 Å². The standard InChI is InChI=1S/C17H20O2/c1-11-3-5-15(12(2)7-11)10-19-17(18)16-9-13-4-6-14(16)8-13/h3-7,13-14,16H,8-10H2,1-2H3. The van der Waals surface area contributed by atoms with E-state index in [1.54, 1.807) is 0 Å². The van der Waals surface area contributed by atoms with Crippen LogP contribution in [0.5, 0.6) is 0 Å². The van der Waals surface area contributed by atoms with Crippen molar-refractivity contribution < 1.29 is 9.53 Å². The van der Waals surface area contributed by atoms with Crippen molar-refractivity contribution in [3.63, 3.8) is 0 Å². The number of benzene rings is 1. The second-order valence-corrected chi connectivity index (χ2v) is 5.92. The zero-order valence-electron chi connectivity index (χ0n) is 11.6. The molecule has 0 radical (unpaired) electrons. The highest BCUT2D eigenvalue weighted by molar-refractivity contribution is 5.74. The number of esters is 1. The Hall–Kier alpha value is -1.57. The molecule has 1 aromatic rings. The van der Waals surface area contributed by atoms with Gasteiger partial charge in [0, 0.05) is 0 Å². The fourth-order valence-corrected chi connectivity index (χ4v) is 3.32. The lowest BCUT2D eigenvalue weighted by Crippen LogP contribution is -2.21.